The molecular formula is C12H14FN3. The van der Waals surface area contributed by atoms with Gasteiger partial charge in [-0.25, -0.2) is 4.39 Å². The van der Waals surface area contributed by atoms with Crippen molar-refractivity contribution in [1.29, 1.82) is 0 Å². The molecule has 0 amide bonds. The van der Waals surface area contributed by atoms with Gasteiger partial charge in [-0.1, -0.05) is 0 Å². The highest BCUT2D eigenvalue weighted by atomic mass is 19.1. The molecule has 2 rings (SSSR count). The number of aromatic nitrogens is 2. The van der Waals surface area contributed by atoms with Gasteiger partial charge >= 0.3 is 0 Å². The summed E-state index contributed by atoms with van der Waals surface area (Å²) in [4.78, 5) is 0. The molecule has 1 N–H and O–H groups in total. The van der Waals surface area contributed by atoms with Crippen LogP contribution in [0.25, 0.3) is 0 Å². The normalized spacial score (nSPS) is 10.4. The molecule has 2 aromatic rings. The summed E-state index contributed by atoms with van der Waals surface area (Å²) >= 11 is 0. The maximum Gasteiger partial charge on any atom is 0.126 e. The molecule has 0 fully saturated rings. The lowest BCUT2D eigenvalue weighted by molar-refractivity contribution is 0.618. The van der Waals surface area contributed by atoms with Crippen LogP contribution in [0.15, 0.2) is 30.5 Å². The first-order valence-corrected chi connectivity index (χ1v) is 5.14. The average Bonchev–Trinajstić information content (AvgIpc) is 2.66. The van der Waals surface area contributed by atoms with E-state index in [1.54, 1.807) is 23.7 Å². The molecule has 0 saturated carbocycles. The van der Waals surface area contributed by atoms with E-state index in [4.69, 9.17) is 0 Å². The van der Waals surface area contributed by atoms with Gasteiger partial charge in [0.25, 0.3) is 0 Å². The number of halogens is 1. The van der Waals surface area contributed by atoms with Crippen LogP contribution in [-0.4, -0.2) is 9.78 Å². The Bertz CT molecular complexity index is 491. The fraction of sp³-hybridized carbons (Fsp3) is 0.250. The van der Waals surface area contributed by atoms with Crippen LogP contribution in [0.1, 0.15) is 11.3 Å². The van der Waals surface area contributed by atoms with Gasteiger partial charge in [-0.3, -0.25) is 4.68 Å². The molecule has 0 unspecified atom stereocenters. The number of anilines is 1. The molecule has 1 aromatic carbocycles. The van der Waals surface area contributed by atoms with Gasteiger partial charge < -0.3 is 5.32 Å². The number of benzene rings is 1. The predicted octanol–water partition coefficient (Wildman–Crippen LogP) is 2.48. The summed E-state index contributed by atoms with van der Waals surface area (Å²) in [6.45, 7) is 2.40. The monoisotopic (exact) mass is 219 g/mol. The van der Waals surface area contributed by atoms with Crippen LogP contribution < -0.4 is 5.32 Å². The second-order valence-electron chi connectivity index (χ2n) is 3.80. The zero-order chi connectivity index (χ0) is 11.5. The van der Waals surface area contributed by atoms with E-state index in [1.807, 2.05) is 19.3 Å². The number of nitrogens with zero attached hydrogens (tertiary/aromatic N) is 2. The minimum Gasteiger partial charge on any atom is -0.379 e. The summed E-state index contributed by atoms with van der Waals surface area (Å²) in [5.74, 6) is -0.177. The van der Waals surface area contributed by atoms with Gasteiger partial charge in [-0.2, -0.15) is 5.10 Å². The molecule has 0 saturated heterocycles. The second-order valence-corrected chi connectivity index (χ2v) is 3.80. The van der Waals surface area contributed by atoms with Crippen LogP contribution in [0.4, 0.5) is 10.1 Å². The van der Waals surface area contributed by atoms with E-state index in [0.29, 0.717) is 12.1 Å². The Morgan fingerprint density at radius 1 is 1.38 bits per heavy atom. The van der Waals surface area contributed by atoms with E-state index < -0.39 is 0 Å². The summed E-state index contributed by atoms with van der Waals surface area (Å²) in [6, 6.07) is 6.93. The lowest BCUT2D eigenvalue weighted by Gasteiger charge is -2.05. The van der Waals surface area contributed by atoms with E-state index in [1.165, 1.54) is 6.07 Å². The lowest BCUT2D eigenvalue weighted by atomic mass is 10.2. The molecule has 1 aromatic heterocycles. The lowest BCUT2D eigenvalue weighted by Crippen LogP contribution is -2.01. The minimum atomic E-state index is -0.177. The molecule has 16 heavy (non-hydrogen) atoms. The molecule has 0 aliphatic rings. The Morgan fingerprint density at radius 2 is 2.19 bits per heavy atom. The number of aryl methyl sites for hydroxylation is 2. The minimum absolute atomic E-state index is 0.177. The summed E-state index contributed by atoms with van der Waals surface area (Å²) in [5.41, 5.74) is 2.51. The van der Waals surface area contributed by atoms with Crippen molar-refractivity contribution >= 4 is 5.69 Å². The molecule has 1 heterocycles. The van der Waals surface area contributed by atoms with Gasteiger partial charge in [0, 0.05) is 18.9 Å². The van der Waals surface area contributed by atoms with Crippen LogP contribution in [0, 0.1) is 12.7 Å². The molecule has 4 heteroatoms. The number of nitrogens with one attached hydrogen (secondary N) is 1. The standard InChI is InChI=1S/C12H14FN3/c1-9-7-10(3-4-12(9)13)14-8-11-5-6-16(2)15-11/h3-7,14H,8H2,1-2H3. The zero-order valence-corrected chi connectivity index (χ0v) is 9.37. The Kier molecular flexibility index (Phi) is 2.90. The Morgan fingerprint density at radius 3 is 2.81 bits per heavy atom. The van der Waals surface area contributed by atoms with Crippen molar-refractivity contribution in [2.75, 3.05) is 5.32 Å². The molecule has 3 nitrogen and oxygen atoms in total. The van der Waals surface area contributed by atoms with Crippen LogP contribution in [0.5, 0.6) is 0 Å². The summed E-state index contributed by atoms with van der Waals surface area (Å²) in [7, 11) is 1.88. The smallest absolute Gasteiger partial charge is 0.126 e. The Balaban J connectivity index is 2.02. The SMILES string of the molecule is Cc1cc(NCc2ccn(C)n2)ccc1F. The first kappa shape index (κ1) is 10.7. The second kappa shape index (κ2) is 4.35. The Hall–Kier alpha value is -1.84. The summed E-state index contributed by atoms with van der Waals surface area (Å²) in [6.07, 6.45) is 1.90. The maximum absolute atomic E-state index is 13.0. The van der Waals surface area contributed by atoms with Gasteiger partial charge in [-0.15, -0.1) is 0 Å². The van der Waals surface area contributed by atoms with E-state index in [9.17, 15) is 4.39 Å². The van der Waals surface area contributed by atoms with E-state index in [0.717, 1.165) is 11.4 Å². The average molecular weight is 219 g/mol. The summed E-state index contributed by atoms with van der Waals surface area (Å²) < 4.78 is 14.8. The van der Waals surface area contributed by atoms with E-state index >= 15 is 0 Å². The van der Waals surface area contributed by atoms with Gasteiger partial charge in [0.1, 0.15) is 5.82 Å². The quantitative estimate of drug-likeness (QED) is 0.859. The van der Waals surface area contributed by atoms with Crippen molar-refractivity contribution in [3.8, 4) is 0 Å². The van der Waals surface area contributed by atoms with Gasteiger partial charge in [0.05, 0.1) is 12.2 Å². The molecule has 0 aliphatic carbocycles. The van der Waals surface area contributed by atoms with Crippen LogP contribution in [-0.2, 0) is 13.6 Å². The van der Waals surface area contributed by atoms with Crippen molar-refractivity contribution in [1.82, 2.24) is 9.78 Å². The topological polar surface area (TPSA) is 29.9 Å². The number of hydrogen-bond donors (Lipinski definition) is 1. The Labute approximate surface area is 93.9 Å². The molecule has 0 radical (unpaired) electrons. The first-order chi connectivity index (χ1) is 7.65. The van der Waals surface area contributed by atoms with Crippen molar-refractivity contribution < 1.29 is 4.39 Å². The van der Waals surface area contributed by atoms with Gasteiger partial charge in [0.2, 0.25) is 0 Å². The molecule has 0 aliphatic heterocycles. The number of hydrogen-bond acceptors (Lipinski definition) is 2. The largest absolute Gasteiger partial charge is 0.379 e. The first-order valence-electron chi connectivity index (χ1n) is 5.14. The third kappa shape index (κ3) is 2.39. The number of rotatable bonds is 3. The summed E-state index contributed by atoms with van der Waals surface area (Å²) in [5, 5.41) is 7.45. The molecule has 84 valence electrons. The van der Waals surface area contributed by atoms with Crippen LogP contribution >= 0.6 is 0 Å². The van der Waals surface area contributed by atoms with Crippen molar-refractivity contribution in [3.05, 3.63) is 47.5 Å². The fourth-order valence-electron chi connectivity index (χ4n) is 1.50. The van der Waals surface area contributed by atoms with Crippen molar-refractivity contribution in [3.63, 3.8) is 0 Å². The van der Waals surface area contributed by atoms with Crippen LogP contribution in [0.2, 0.25) is 0 Å². The van der Waals surface area contributed by atoms with E-state index in [-0.39, 0.29) is 5.82 Å². The highest BCUT2D eigenvalue weighted by Crippen LogP contribution is 2.14. The predicted molar refractivity (Wildman–Crippen MR) is 61.7 cm³/mol. The third-order valence-electron chi connectivity index (χ3n) is 2.40. The van der Waals surface area contributed by atoms with Crippen molar-refractivity contribution in [2.24, 2.45) is 7.05 Å². The molecular weight excluding hydrogens is 205 g/mol. The highest BCUT2D eigenvalue weighted by molar-refractivity contribution is 5.46. The highest BCUT2D eigenvalue weighted by Gasteiger charge is 2.00. The van der Waals surface area contributed by atoms with Gasteiger partial charge in [0.15, 0.2) is 0 Å². The van der Waals surface area contributed by atoms with Crippen LogP contribution in [0.3, 0.4) is 0 Å². The fourth-order valence-corrected chi connectivity index (χ4v) is 1.50. The molecule has 0 atom stereocenters. The molecule has 0 bridgehead atoms. The zero-order valence-electron chi connectivity index (χ0n) is 9.37. The van der Waals surface area contributed by atoms with E-state index in [2.05, 4.69) is 10.4 Å². The molecule has 0 spiro atoms. The van der Waals surface area contributed by atoms with Crippen molar-refractivity contribution in [2.45, 2.75) is 13.5 Å². The maximum atomic E-state index is 13.0. The third-order valence-corrected chi connectivity index (χ3v) is 2.40. The van der Waals surface area contributed by atoms with Gasteiger partial charge in [-0.05, 0) is 36.8 Å².